The zero-order chi connectivity index (χ0) is 9.19. The molecule has 0 saturated carbocycles. The van der Waals surface area contributed by atoms with Crippen LogP contribution in [0.5, 0.6) is 0 Å². The molecule has 12 heavy (non-hydrogen) atoms. The Balaban J connectivity index is 2.78. The molecule has 1 atom stereocenters. The molecule has 0 radical (unpaired) electrons. The number of rotatable bonds is 1. The average Bonchev–Trinajstić information content (AvgIpc) is 2.09. The first-order valence-corrected chi connectivity index (χ1v) is 4.50. The van der Waals surface area contributed by atoms with E-state index in [-0.39, 0.29) is 0 Å². The summed E-state index contributed by atoms with van der Waals surface area (Å²) in [6.45, 7) is 2.03. The van der Waals surface area contributed by atoms with Gasteiger partial charge in [0.15, 0.2) is 5.05 Å². The molecule has 0 saturated heterocycles. The summed E-state index contributed by atoms with van der Waals surface area (Å²) in [4.78, 5) is -0.608. The predicted octanol–water partition coefficient (Wildman–Crippen LogP) is 2.84. The highest BCUT2D eigenvalue weighted by molar-refractivity contribution is 7.80. The molecule has 0 aromatic heterocycles. The minimum Gasteiger partial charge on any atom is -0.488 e. The molecule has 0 N–H and O–H groups in total. The Labute approximate surface area is 83.0 Å². The maximum absolute atomic E-state index is 6.19. The molecule has 1 aliphatic rings. The number of hydrogen-bond acceptors (Lipinski definition) is 2. The van der Waals surface area contributed by atoms with E-state index in [4.69, 9.17) is 28.6 Å². The molecular formula is C9H11ClOS. The molecule has 0 fully saturated rings. The van der Waals surface area contributed by atoms with Crippen LogP contribution in [-0.2, 0) is 4.74 Å². The van der Waals surface area contributed by atoms with Crippen molar-refractivity contribution in [1.29, 1.82) is 0 Å². The molecular weight excluding hydrogens is 192 g/mol. The van der Waals surface area contributed by atoms with E-state index in [1.807, 2.05) is 19.1 Å². The van der Waals surface area contributed by atoms with E-state index in [9.17, 15) is 0 Å². The van der Waals surface area contributed by atoms with Gasteiger partial charge in [-0.3, -0.25) is 0 Å². The Morgan fingerprint density at radius 3 is 2.83 bits per heavy atom. The van der Waals surface area contributed by atoms with E-state index < -0.39 is 4.87 Å². The van der Waals surface area contributed by atoms with Gasteiger partial charge in [0.25, 0.3) is 0 Å². The van der Waals surface area contributed by atoms with Crippen molar-refractivity contribution in [3.8, 4) is 0 Å². The highest BCUT2D eigenvalue weighted by Crippen LogP contribution is 2.29. The molecule has 3 heteroatoms. The van der Waals surface area contributed by atoms with Crippen LogP contribution in [0.25, 0.3) is 0 Å². The Morgan fingerprint density at radius 1 is 1.75 bits per heavy atom. The van der Waals surface area contributed by atoms with Crippen molar-refractivity contribution in [2.75, 3.05) is 7.11 Å². The summed E-state index contributed by atoms with van der Waals surface area (Å²) in [6, 6.07) is 0. The van der Waals surface area contributed by atoms with Gasteiger partial charge in [-0.15, -0.1) is 11.6 Å². The third kappa shape index (κ3) is 1.87. The predicted molar refractivity (Wildman–Crippen MR) is 55.7 cm³/mol. The minimum absolute atomic E-state index is 0.434. The second-order valence-corrected chi connectivity index (χ2v) is 3.88. The summed E-state index contributed by atoms with van der Waals surface area (Å²) < 4.78 is 4.95. The quantitative estimate of drug-likeness (QED) is 0.478. The van der Waals surface area contributed by atoms with Crippen LogP contribution in [0.1, 0.15) is 13.3 Å². The van der Waals surface area contributed by atoms with E-state index in [2.05, 4.69) is 6.08 Å². The second-order valence-electron chi connectivity index (χ2n) is 2.84. The van der Waals surface area contributed by atoms with Gasteiger partial charge < -0.3 is 4.74 Å². The summed E-state index contributed by atoms with van der Waals surface area (Å²) in [5, 5.41) is 0.434. The fraction of sp³-hybridized carbons (Fsp3) is 0.444. The maximum Gasteiger partial charge on any atom is 0.184 e. The topological polar surface area (TPSA) is 9.23 Å². The molecule has 0 bridgehead atoms. The van der Waals surface area contributed by atoms with Crippen molar-refractivity contribution in [3.63, 3.8) is 0 Å². The smallest absolute Gasteiger partial charge is 0.184 e. The fourth-order valence-electron chi connectivity index (χ4n) is 1.03. The van der Waals surface area contributed by atoms with Gasteiger partial charge in [0.2, 0.25) is 0 Å². The van der Waals surface area contributed by atoms with Crippen LogP contribution in [0, 0.1) is 0 Å². The lowest BCUT2D eigenvalue weighted by atomic mass is 9.97. The Bertz CT molecular complexity index is 257. The molecule has 0 aromatic rings. The van der Waals surface area contributed by atoms with Crippen LogP contribution < -0.4 is 0 Å². The first-order chi connectivity index (χ1) is 5.58. The molecule has 0 amide bonds. The van der Waals surface area contributed by atoms with Crippen molar-refractivity contribution < 1.29 is 4.74 Å². The number of thiocarbonyl (C=S) groups is 1. The number of hydrogen-bond donors (Lipinski definition) is 0. The Hall–Kier alpha value is -0.340. The molecule has 0 spiro atoms. The van der Waals surface area contributed by atoms with E-state index in [1.54, 1.807) is 7.11 Å². The molecule has 1 nitrogen and oxygen atoms in total. The normalized spacial score (nSPS) is 28.1. The highest BCUT2D eigenvalue weighted by atomic mass is 35.5. The van der Waals surface area contributed by atoms with Crippen molar-refractivity contribution >= 4 is 28.9 Å². The van der Waals surface area contributed by atoms with Gasteiger partial charge in [-0.2, -0.15) is 0 Å². The maximum atomic E-state index is 6.19. The van der Waals surface area contributed by atoms with E-state index in [1.165, 1.54) is 5.57 Å². The number of methoxy groups -OCH3 is 1. The summed E-state index contributed by atoms with van der Waals surface area (Å²) in [5.74, 6) is 0. The third-order valence-corrected chi connectivity index (χ3v) is 2.95. The number of allylic oxidation sites excluding steroid dienone is 3. The number of ether oxygens (including phenoxy) is 1. The Morgan fingerprint density at radius 2 is 2.42 bits per heavy atom. The van der Waals surface area contributed by atoms with Gasteiger partial charge in [0.05, 0.1) is 7.11 Å². The SMILES string of the molecule is COC(=S)C1(Cl)C=CC(C)=CC1. The first kappa shape index (κ1) is 9.75. The van der Waals surface area contributed by atoms with Gasteiger partial charge >= 0.3 is 0 Å². The molecule has 0 aliphatic heterocycles. The largest absolute Gasteiger partial charge is 0.488 e. The van der Waals surface area contributed by atoms with Crippen LogP contribution in [0.2, 0.25) is 0 Å². The monoisotopic (exact) mass is 202 g/mol. The van der Waals surface area contributed by atoms with Crippen LogP contribution in [0.15, 0.2) is 23.8 Å². The molecule has 0 heterocycles. The molecule has 0 aromatic carbocycles. The summed E-state index contributed by atoms with van der Waals surface area (Å²) in [5.41, 5.74) is 1.21. The standard InChI is InChI=1S/C9H11ClOS/c1-7-3-5-9(10,6-4-7)8(12)11-2/h3-5H,6H2,1-2H3. The zero-order valence-electron chi connectivity index (χ0n) is 7.13. The summed E-state index contributed by atoms with van der Waals surface area (Å²) >= 11 is 11.2. The average molecular weight is 203 g/mol. The fourth-order valence-corrected chi connectivity index (χ4v) is 1.40. The molecule has 1 rings (SSSR count). The highest BCUT2D eigenvalue weighted by Gasteiger charge is 2.30. The van der Waals surface area contributed by atoms with Gasteiger partial charge in [-0.1, -0.05) is 23.8 Å². The third-order valence-electron chi connectivity index (χ3n) is 1.86. The number of alkyl halides is 1. The van der Waals surface area contributed by atoms with Crippen LogP contribution >= 0.6 is 23.8 Å². The minimum atomic E-state index is -0.608. The lowest BCUT2D eigenvalue weighted by molar-refractivity contribution is 0.394. The van der Waals surface area contributed by atoms with Crippen LogP contribution in [0.4, 0.5) is 0 Å². The van der Waals surface area contributed by atoms with Gasteiger partial charge in [-0.25, -0.2) is 0 Å². The van der Waals surface area contributed by atoms with Gasteiger partial charge in [-0.05, 0) is 25.6 Å². The Kier molecular flexibility index (Phi) is 2.91. The summed E-state index contributed by atoms with van der Waals surface area (Å²) in [7, 11) is 1.55. The molecule has 1 aliphatic carbocycles. The van der Waals surface area contributed by atoms with Crippen molar-refractivity contribution in [2.24, 2.45) is 0 Å². The van der Waals surface area contributed by atoms with E-state index >= 15 is 0 Å². The molecule has 1 unspecified atom stereocenters. The van der Waals surface area contributed by atoms with Gasteiger partial charge in [0.1, 0.15) is 4.87 Å². The van der Waals surface area contributed by atoms with Crippen molar-refractivity contribution in [2.45, 2.75) is 18.2 Å². The van der Waals surface area contributed by atoms with Crippen LogP contribution in [-0.4, -0.2) is 17.0 Å². The van der Waals surface area contributed by atoms with Gasteiger partial charge in [0, 0.05) is 0 Å². The van der Waals surface area contributed by atoms with E-state index in [0.717, 1.165) is 0 Å². The van der Waals surface area contributed by atoms with E-state index in [0.29, 0.717) is 11.5 Å². The van der Waals surface area contributed by atoms with Crippen molar-refractivity contribution in [1.82, 2.24) is 0 Å². The molecule has 66 valence electrons. The lowest BCUT2D eigenvalue weighted by Crippen LogP contribution is -2.30. The summed E-state index contributed by atoms with van der Waals surface area (Å²) in [6.07, 6.45) is 6.61. The lowest BCUT2D eigenvalue weighted by Gasteiger charge is -2.24. The number of halogens is 1. The second kappa shape index (κ2) is 3.58. The van der Waals surface area contributed by atoms with Crippen molar-refractivity contribution in [3.05, 3.63) is 23.8 Å². The first-order valence-electron chi connectivity index (χ1n) is 3.72. The van der Waals surface area contributed by atoms with Crippen LogP contribution in [0.3, 0.4) is 0 Å². The zero-order valence-corrected chi connectivity index (χ0v) is 8.71.